The van der Waals surface area contributed by atoms with Gasteiger partial charge >= 0.3 is 11.9 Å². The molecule has 2 aliphatic heterocycles. The predicted octanol–water partition coefficient (Wildman–Crippen LogP) is -0.381. The molecule has 5 rings (SSSR count). The fourth-order valence-corrected chi connectivity index (χ4v) is 7.45. The molecule has 200 valence electrons. The van der Waals surface area contributed by atoms with Crippen LogP contribution in [0.4, 0.5) is 5.13 Å². The molecule has 15 nitrogen and oxygen atoms in total. The molecule has 0 aliphatic carbocycles. The van der Waals surface area contributed by atoms with Gasteiger partial charge in [-0.3, -0.25) is 19.3 Å². The van der Waals surface area contributed by atoms with E-state index < -0.39 is 40.8 Å². The zero-order valence-electron chi connectivity index (χ0n) is 19.2. The molecule has 3 aromatic heterocycles. The number of carboxylic acids is 1. The molecule has 0 bridgehead atoms. The number of primary amides is 1. The number of thiazole rings is 1. The number of pyridine rings is 1. The number of aromatic nitrogens is 4. The van der Waals surface area contributed by atoms with Crippen LogP contribution in [-0.2, 0) is 14.4 Å². The van der Waals surface area contributed by atoms with Crippen LogP contribution in [0.3, 0.4) is 0 Å². The number of nitrogens with two attached hydrogens (primary N) is 2. The lowest BCUT2D eigenvalue weighted by Crippen LogP contribution is -2.71. The van der Waals surface area contributed by atoms with E-state index in [0.717, 1.165) is 39.5 Å². The van der Waals surface area contributed by atoms with Gasteiger partial charge in [-0.15, -0.1) is 23.1 Å². The van der Waals surface area contributed by atoms with E-state index in [0.29, 0.717) is 20.8 Å². The number of anilines is 1. The zero-order valence-corrected chi connectivity index (χ0v) is 22.5. The monoisotopic (exact) mass is 606 g/mol. The summed E-state index contributed by atoms with van der Waals surface area (Å²) < 4.78 is 6.27. The SMILES string of the molecule is NC(=O)c1cc[n+](-c2nsc(SC3=C(C(=O)O)N4C(=O)[C@@H](NC(=O)/C(=N/O)c5csc(N)n5)C4SC3)n2)cc1. The highest BCUT2D eigenvalue weighted by molar-refractivity contribution is 8.07. The quantitative estimate of drug-likeness (QED) is 0.0726. The van der Waals surface area contributed by atoms with Gasteiger partial charge in [0, 0.05) is 26.0 Å². The summed E-state index contributed by atoms with van der Waals surface area (Å²) in [6.45, 7) is 0. The summed E-state index contributed by atoms with van der Waals surface area (Å²) in [5, 5.41) is 25.6. The molecular formula is C20H16N9O6S4+. The standard InChI is InChI=1S/C20H15N9O6S4/c21-13(30)7-1-3-28(4-2-7)19-25-20(39-27-19)38-9-6-36-16-11(15(32)29(16)12(9)17(33)34)24-14(31)10(26-35)8-5-37-18(22)23-8/h1-5,11,16H,6H2,(H6-,21,22,23,24,30,31,33,34,35)/p+1/t11-,16?/m1/s1. The third kappa shape index (κ3) is 5.03. The molecule has 1 saturated heterocycles. The average molecular weight is 607 g/mol. The van der Waals surface area contributed by atoms with E-state index >= 15 is 0 Å². The van der Waals surface area contributed by atoms with Crippen LogP contribution in [0, 0.1) is 0 Å². The summed E-state index contributed by atoms with van der Waals surface area (Å²) in [5.74, 6) is -2.83. The van der Waals surface area contributed by atoms with Gasteiger partial charge in [-0.05, 0) is 28.9 Å². The molecule has 0 aromatic carbocycles. The summed E-state index contributed by atoms with van der Waals surface area (Å²) in [5.41, 5.74) is 10.6. The third-order valence-corrected chi connectivity index (χ3v) is 9.42. The fourth-order valence-electron chi connectivity index (χ4n) is 3.67. The molecule has 2 atom stereocenters. The second-order valence-corrected chi connectivity index (χ2v) is 11.9. The largest absolute Gasteiger partial charge is 0.477 e. The first-order chi connectivity index (χ1) is 18.7. The van der Waals surface area contributed by atoms with Gasteiger partial charge in [0.1, 0.15) is 34.3 Å². The van der Waals surface area contributed by atoms with Crippen LogP contribution in [-0.4, -0.2) is 76.1 Å². The number of rotatable bonds is 8. The lowest BCUT2D eigenvalue weighted by molar-refractivity contribution is -0.603. The summed E-state index contributed by atoms with van der Waals surface area (Å²) in [6, 6.07) is 2.00. The average Bonchev–Trinajstić information content (AvgIpc) is 3.56. The molecule has 3 aromatic rings. The van der Waals surface area contributed by atoms with E-state index in [9.17, 15) is 29.5 Å². The predicted molar refractivity (Wildman–Crippen MR) is 140 cm³/mol. The highest BCUT2D eigenvalue weighted by Crippen LogP contribution is 2.45. The van der Waals surface area contributed by atoms with Crippen LogP contribution in [0.15, 0.2) is 50.0 Å². The van der Waals surface area contributed by atoms with Crippen LogP contribution in [0.5, 0.6) is 0 Å². The second-order valence-electron chi connectivity index (χ2n) is 7.78. The molecule has 2 aliphatic rings. The highest BCUT2D eigenvalue weighted by Gasteiger charge is 2.54. The number of nitrogens with zero attached hydrogens (tertiary/aromatic N) is 6. The Hall–Kier alpha value is -4.07. The molecule has 0 radical (unpaired) electrons. The van der Waals surface area contributed by atoms with Crippen molar-refractivity contribution in [2.45, 2.75) is 15.8 Å². The van der Waals surface area contributed by atoms with E-state index in [1.165, 1.54) is 29.3 Å². The van der Waals surface area contributed by atoms with E-state index in [1.54, 1.807) is 17.0 Å². The number of hydrogen-bond acceptors (Lipinski definition) is 14. The molecule has 7 N–H and O–H groups in total. The van der Waals surface area contributed by atoms with Gasteiger partial charge in [-0.1, -0.05) is 5.16 Å². The van der Waals surface area contributed by atoms with Crippen molar-refractivity contribution in [3.63, 3.8) is 0 Å². The lowest BCUT2D eigenvalue weighted by atomic mass is 10.0. The molecule has 0 spiro atoms. The van der Waals surface area contributed by atoms with Crippen molar-refractivity contribution in [1.82, 2.24) is 24.6 Å². The smallest absolute Gasteiger partial charge is 0.451 e. The molecule has 1 unspecified atom stereocenters. The van der Waals surface area contributed by atoms with Gasteiger partial charge in [-0.25, -0.2) is 14.3 Å². The number of β-lactam (4-membered cyclic amide) rings is 1. The molecule has 1 fully saturated rings. The number of carboxylic acid groups (broad SMARTS) is 1. The van der Waals surface area contributed by atoms with Crippen molar-refractivity contribution >= 4 is 80.9 Å². The van der Waals surface area contributed by atoms with Crippen LogP contribution in [0.2, 0.25) is 0 Å². The molecule has 39 heavy (non-hydrogen) atoms. The minimum Gasteiger partial charge on any atom is -0.477 e. The summed E-state index contributed by atoms with van der Waals surface area (Å²) in [6.07, 6.45) is 3.14. The molecule has 0 saturated carbocycles. The van der Waals surface area contributed by atoms with Crippen molar-refractivity contribution in [3.05, 3.63) is 51.8 Å². The summed E-state index contributed by atoms with van der Waals surface area (Å²) in [4.78, 5) is 58.9. The normalized spacial score (nSPS) is 18.9. The fraction of sp³-hybridized carbons (Fsp3) is 0.150. The van der Waals surface area contributed by atoms with Crippen molar-refractivity contribution in [1.29, 1.82) is 0 Å². The number of amides is 3. The van der Waals surface area contributed by atoms with Gasteiger partial charge in [0.2, 0.25) is 5.91 Å². The number of aliphatic carboxylic acids is 1. The summed E-state index contributed by atoms with van der Waals surface area (Å²) >= 11 is 4.42. The lowest BCUT2D eigenvalue weighted by Gasteiger charge is -2.49. The van der Waals surface area contributed by atoms with Crippen molar-refractivity contribution in [3.8, 4) is 5.95 Å². The van der Waals surface area contributed by atoms with E-state index in [-0.39, 0.29) is 22.3 Å². The number of carbonyl (C=O) groups is 4. The highest BCUT2D eigenvalue weighted by atomic mass is 32.2. The molecule has 19 heteroatoms. The first-order valence-corrected chi connectivity index (χ1v) is 14.2. The Morgan fingerprint density at radius 2 is 2.00 bits per heavy atom. The Kier molecular flexibility index (Phi) is 7.21. The second kappa shape index (κ2) is 10.6. The number of hydrogen-bond donors (Lipinski definition) is 5. The van der Waals surface area contributed by atoms with Crippen LogP contribution in [0.1, 0.15) is 16.1 Å². The van der Waals surface area contributed by atoms with Crippen LogP contribution in [0.25, 0.3) is 5.95 Å². The van der Waals surface area contributed by atoms with Crippen LogP contribution >= 0.6 is 46.4 Å². The van der Waals surface area contributed by atoms with E-state index in [4.69, 9.17) is 11.5 Å². The first-order valence-electron chi connectivity index (χ1n) is 10.7. The van der Waals surface area contributed by atoms with Crippen molar-refractivity contribution in [2.75, 3.05) is 11.5 Å². The Morgan fingerprint density at radius 1 is 1.26 bits per heavy atom. The maximum atomic E-state index is 13.0. The number of fused-ring (bicyclic) bond motifs is 1. The zero-order chi connectivity index (χ0) is 27.8. The van der Waals surface area contributed by atoms with Gasteiger partial charge in [-0.2, -0.15) is 0 Å². The number of nitrogen functional groups attached to an aromatic ring is 1. The van der Waals surface area contributed by atoms with Crippen molar-refractivity contribution < 1.29 is 34.1 Å². The number of oxime groups is 1. The number of carbonyl (C=O) groups excluding carboxylic acids is 3. The van der Waals surface area contributed by atoms with E-state index in [1.807, 2.05) is 0 Å². The number of nitrogens with one attached hydrogen (secondary N) is 1. The topological polar surface area (TPSA) is 231 Å². The molecule has 5 heterocycles. The van der Waals surface area contributed by atoms with Crippen LogP contribution < -0.4 is 21.4 Å². The van der Waals surface area contributed by atoms with E-state index in [2.05, 4.69) is 24.8 Å². The minimum absolute atomic E-state index is 0.0423. The van der Waals surface area contributed by atoms with Gasteiger partial charge in [0.15, 0.2) is 10.8 Å². The third-order valence-electron chi connectivity index (χ3n) is 5.45. The van der Waals surface area contributed by atoms with Gasteiger partial charge in [0.05, 0.1) is 12.4 Å². The number of thioether (sulfide) groups is 2. The van der Waals surface area contributed by atoms with Crippen molar-refractivity contribution in [2.24, 2.45) is 10.9 Å². The first kappa shape index (κ1) is 26.5. The van der Waals surface area contributed by atoms with Gasteiger partial charge < -0.3 is 27.1 Å². The Labute approximate surface area is 234 Å². The van der Waals surface area contributed by atoms with Gasteiger partial charge in [0.25, 0.3) is 16.2 Å². The Bertz CT molecular complexity index is 1570. The minimum atomic E-state index is -1.31. The summed E-state index contributed by atoms with van der Waals surface area (Å²) in [7, 11) is 0. The maximum absolute atomic E-state index is 13.0. The Morgan fingerprint density at radius 3 is 2.62 bits per heavy atom. The Balaban J connectivity index is 1.31. The maximum Gasteiger partial charge on any atom is 0.451 e. The molecule has 3 amide bonds. The molecular weight excluding hydrogens is 591 g/mol.